The van der Waals surface area contributed by atoms with Gasteiger partial charge in [-0.2, -0.15) is 5.10 Å². The predicted molar refractivity (Wildman–Crippen MR) is 97.4 cm³/mol. The van der Waals surface area contributed by atoms with Crippen LogP contribution in [0.15, 0.2) is 73.1 Å². The third-order valence-electron chi connectivity index (χ3n) is 4.63. The van der Waals surface area contributed by atoms with Crippen molar-refractivity contribution >= 4 is 0 Å². The third-order valence-corrected chi connectivity index (χ3v) is 4.63. The highest BCUT2D eigenvalue weighted by atomic mass is 15.3. The van der Waals surface area contributed by atoms with E-state index in [1.54, 1.807) is 0 Å². The quantitative estimate of drug-likeness (QED) is 0.558. The second-order valence-corrected chi connectivity index (χ2v) is 6.19. The lowest BCUT2D eigenvalue weighted by atomic mass is 9.95. The molecule has 1 aliphatic carbocycles. The standard InChI is InChI=1S/C21H16N4/c1-3-7-15(8-4-1)21-22-14-18-19(24-21)12-11-16-13-23-25(20(16)18)17-9-5-2-6-10-17/h1-10,13-14H,11-12H2. The Hall–Kier alpha value is -3.27. The van der Waals surface area contributed by atoms with E-state index in [9.17, 15) is 0 Å². The molecular formula is C21H16N4. The smallest absolute Gasteiger partial charge is 0.159 e. The van der Waals surface area contributed by atoms with Crippen molar-refractivity contribution in [3.05, 3.63) is 84.3 Å². The number of benzene rings is 2. The Bertz CT molecular complexity index is 1040. The van der Waals surface area contributed by atoms with E-state index in [0.29, 0.717) is 0 Å². The molecular weight excluding hydrogens is 308 g/mol. The summed E-state index contributed by atoms with van der Waals surface area (Å²) in [5.74, 6) is 0.786. The molecule has 0 amide bonds. The Labute approximate surface area is 145 Å². The maximum atomic E-state index is 4.84. The zero-order valence-electron chi connectivity index (χ0n) is 13.6. The van der Waals surface area contributed by atoms with Gasteiger partial charge in [-0.15, -0.1) is 0 Å². The number of aromatic nitrogens is 4. The first-order valence-electron chi connectivity index (χ1n) is 8.44. The number of hydrogen-bond acceptors (Lipinski definition) is 3. The van der Waals surface area contributed by atoms with Gasteiger partial charge in [-0.1, -0.05) is 48.5 Å². The van der Waals surface area contributed by atoms with Crippen LogP contribution in [-0.2, 0) is 12.8 Å². The van der Waals surface area contributed by atoms with Gasteiger partial charge in [-0.25, -0.2) is 14.6 Å². The summed E-state index contributed by atoms with van der Waals surface area (Å²) in [5.41, 5.74) is 6.66. The van der Waals surface area contributed by atoms with Crippen molar-refractivity contribution in [2.75, 3.05) is 0 Å². The highest BCUT2D eigenvalue weighted by Crippen LogP contribution is 2.34. The Kier molecular flexibility index (Phi) is 3.20. The summed E-state index contributed by atoms with van der Waals surface area (Å²) in [6.07, 6.45) is 5.80. The Morgan fingerprint density at radius 2 is 1.56 bits per heavy atom. The van der Waals surface area contributed by atoms with Crippen LogP contribution in [0.25, 0.3) is 28.3 Å². The lowest BCUT2D eigenvalue weighted by Gasteiger charge is -2.18. The summed E-state index contributed by atoms with van der Waals surface area (Å²) in [4.78, 5) is 9.47. The van der Waals surface area contributed by atoms with Gasteiger partial charge in [0.2, 0.25) is 0 Å². The van der Waals surface area contributed by atoms with Crippen LogP contribution in [0.5, 0.6) is 0 Å². The summed E-state index contributed by atoms with van der Waals surface area (Å²) in [5, 5.41) is 4.61. The van der Waals surface area contributed by atoms with E-state index in [-0.39, 0.29) is 0 Å². The molecule has 0 N–H and O–H groups in total. The van der Waals surface area contributed by atoms with Gasteiger partial charge in [0.25, 0.3) is 0 Å². The molecule has 5 rings (SSSR count). The first-order valence-corrected chi connectivity index (χ1v) is 8.44. The average Bonchev–Trinajstić information content (AvgIpc) is 3.13. The van der Waals surface area contributed by atoms with Crippen molar-refractivity contribution in [1.29, 1.82) is 0 Å². The van der Waals surface area contributed by atoms with Crippen LogP contribution in [0.4, 0.5) is 0 Å². The Morgan fingerprint density at radius 1 is 0.800 bits per heavy atom. The lowest BCUT2D eigenvalue weighted by molar-refractivity contribution is 0.855. The van der Waals surface area contributed by atoms with Gasteiger partial charge in [-0.3, -0.25) is 0 Å². The van der Waals surface area contributed by atoms with Gasteiger partial charge in [0.15, 0.2) is 5.82 Å². The molecule has 0 atom stereocenters. The monoisotopic (exact) mass is 324 g/mol. The van der Waals surface area contributed by atoms with Gasteiger partial charge in [-0.05, 0) is 30.5 Å². The van der Waals surface area contributed by atoms with Crippen LogP contribution in [-0.4, -0.2) is 19.7 Å². The fraction of sp³-hybridized carbons (Fsp3) is 0.0952. The third kappa shape index (κ3) is 2.34. The van der Waals surface area contributed by atoms with Crippen LogP contribution in [0.2, 0.25) is 0 Å². The van der Waals surface area contributed by atoms with Crippen molar-refractivity contribution in [2.24, 2.45) is 0 Å². The molecule has 25 heavy (non-hydrogen) atoms. The summed E-state index contributed by atoms with van der Waals surface area (Å²) in [6.45, 7) is 0. The SMILES string of the molecule is c1ccc(-c2ncc3c(n2)CCc2cnn(-c4ccccc4)c2-3)cc1. The van der Waals surface area contributed by atoms with E-state index in [1.807, 2.05) is 65.6 Å². The summed E-state index contributed by atoms with van der Waals surface area (Å²) in [7, 11) is 0. The molecule has 0 radical (unpaired) electrons. The minimum absolute atomic E-state index is 0.786. The van der Waals surface area contributed by atoms with Crippen LogP contribution >= 0.6 is 0 Å². The molecule has 0 spiro atoms. The van der Waals surface area contributed by atoms with Gasteiger partial charge < -0.3 is 0 Å². The first-order chi connectivity index (χ1) is 12.4. The molecule has 120 valence electrons. The molecule has 1 aliphatic rings. The van der Waals surface area contributed by atoms with Crippen LogP contribution in [0, 0.1) is 0 Å². The molecule has 4 nitrogen and oxygen atoms in total. The van der Waals surface area contributed by atoms with Crippen LogP contribution in [0.1, 0.15) is 11.3 Å². The summed E-state index contributed by atoms with van der Waals surface area (Å²) < 4.78 is 2.00. The average molecular weight is 324 g/mol. The Balaban J connectivity index is 1.65. The van der Waals surface area contributed by atoms with E-state index >= 15 is 0 Å². The molecule has 0 fully saturated rings. The first kappa shape index (κ1) is 14.1. The van der Waals surface area contributed by atoms with Crippen molar-refractivity contribution in [1.82, 2.24) is 19.7 Å². The molecule has 0 saturated carbocycles. The zero-order chi connectivity index (χ0) is 16.6. The van der Waals surface area contributed by atoms with Gasteiger partial charge in [0, 0.05) is 17.3 Å². The number of fused-ring (bicyclic) bond motifs is 3. The minimum Gasteiger partial charge on any atom is -0.236 e. The maximum Gasteiger partial charge on any atom is 0.159 e. The lowest BCUT2D eigenvalue weighted by Crippen LogP contribution is -2.10. The fourth-order valence-corrected chi connectivity index (χ4v) is 3.40. The number of aryl methyl sites for hydroxylation is 2. The highest BCUT2D eigenvalue weighted by molar-refractivity contribution is 5.71. The second kappa shape index (κ2) is 5.67. The van der Waals surface area contributed by atoms with E-state index in [4.69, 9.17) is 4.98 Å². The van der Waals surface area contributed by atoms with Crippen molar-refractivity contribution < 1.29 is 0 Å². The van der Waals surface area contributed by atoms with Crippen molar-refractivity contribution in [3.8, 4) is 28.3 Å². The van der Waals surface area contributed by atoms with Crippen LogP contribution < -0.4 is 0 Å². The number of para-hydroxylation sites is 1. The summed E-state index contributed by atoms with van der Waals surface area (Å²) in [6, 6.07) is 20.3. The molecule has 4 aromatic rings. The Morgan fingerprint density at radius 3 is 2.36 bits per heavy atom. The molecule has 2 heterocycles. The number of rotatable bonds is 2. The second-order valence-electron chi connectivity index (χ2n) is 6.19. The molecule has 0 bridgehead atoms. The normalized spacial score (nSPS) is 12.5. The topological polar surface area (TPSA) is 43.6 Å². The van der Waals surface area contributed by atoms with Crippen LogP contribution in [0.3, 0.4) is 0 Å². The molecule has 2 aromatic heterocycles. The molecule has 0 aliphatic heterocycles. The molecule has 0 saturated heterocycles. The van der Waals surface area contributed by atoms with E-state index in [0.717, 1.165) is 46.9 Å². The van der Waals surface area contributed by atoms with E-state index in [1.165, 1.54) is 5.56 Å². The van der Waals surface area contributed by atoms with Gasteiger partial charge >= 0.3 is 0 Å². The molecule has 2 aromatic carbocycles. The van der Waals surface area contributed by atoms with E-state index in [2.05, 4.69) is 22.2 Å². The van der Waals surface area contributed by atoms with E-state index < -0.39 is 0 Å². The number of hydrogen-bond donors (Lipinski definition) is 0. The van der Waals surface area contributed by atoms with Crippen molar-refractivity contribution in [2.45, 2.75) is 12.8 Å². The van der Waals surface area contributed by atoms with Gasteiger partial charge in [0.1, 0.15) is 0 Å². The maximum absolute atomic E-state index is 4.84. The largest absolute Gasteiger partial charge is 0.236 e. The fourth-order valence-electron chi connectivity index (χ4n) is 3.40. The summed E-state index contributed by atoms with van der Waals surface area (Å²) >= 11 is 0. The molecule has 0 unspecified atom stereocenters. The van der Waals surface area contributed by atoms with Crippen molar-refractivity contribution in [3.63, 3.8) is 0 Å². The predicted octanol–water partition coefficient (Wildman–Crippen LogP) is 4.09. The highest BCUT2D eigenvalue weighted by Gasteiger charge is 2.23. The van der Waals surface area contributed by atoms with Gasteiger partial charge in [0.05, 0.1) is 23.3 Å². The minimum atomic E-state index is 0.786. The molecule has 4 heteroatoms. The number of nitrogens with zero attached hydrogens (tertiary/aromatic N) is 4. The zero-order valence-corrected chi connectivity index (χ0v) is 13.6.